The van der Waals surface area contributed by atoms with Gasteiger partial charge in [-0.15, -0.1) is 0 Å². The summed E-state index contributed by atoms with van der Waals surface area (Å²) in [5.41, 5.74) is 13.9. The quantitative estimate of drug-likeness (QED) is 0.241. The molecule has 0 nitrogen and oxygen atoms in total. The van der Waals surface area contributed by atoms with Gasteiger partial charge in [-0.25, -0.2) is 0 Å². The van der Waals surface area contributed by atoms with Crippen LogP contribution in [0.4, 0.5) is 0 Å². The van der Waals surface area contributed by atoms with Crippen LogP contribution in [0, 0.1) is 0 Å². The minimum atomic E-state index is 1.16. The highest BCUT2D eigenvalue weighted by atomic mass is 14.2. The first-order valence-electron chi connectivity index (χ1n) is 13.9. The molecule has 0 fully saturated rings. The van der Waals surface area contributed by atoms with E-state index in [1.807, 2.05) is 0 Å². The molecular weight excluding hydrogens is 432 g/mol. The molecular formula is C36H36. The molecule has 0 spiro atoms. The minimum Gasteiger partial charge on any atom is -0.0614 e. The van der Waals surface area contributed by atoms with E-state index in [1.165, 1.54) is 94.2 Å². The van der Waals surface area contributed by atoms with Gasteiger partial charge >= 0.3 is 0 Å². The van der Waals surface area contributed by atoms with Crippen LogP contribution in [0.3, 0.4) is 0 Å². The predicted octanol–water partition coefficient (Wildman–Crippen LogP) is 9.23. The molecule has 0 atom stereocenters. The highest BCUT2D eigenvalue weighted by molar-refractivity contribution is 6.04. The van der Waals surface area contributed by atoms with Crippen molar-refractivity contribution in [2.75, 3.05) is 0 Å². The van der Waals surface area contributed by atoms with Gasteiger partial charge in [-0.05, 0) is 107 Å². The van der Waals surface area contributed by atoms with Gasteiger partial charge < -0.3 is 0 Å². The van der Waals surface area contributed by atoms with Crippen LogP contribution < -0.4 is 0 Å². The fourth-order valence-corrected chi connectivity index (χ4v) is 6.11. The molecule has 0 saturated heterocycles. The van der Waals surface area contributed by atoms with Crippen molar-refractivity contribution in [1.82, 2.24) is 0 Å². The normalized spacial score (nSPS) is 16.2. The molecule has 0 unspecified atom stereocenters. The molecule has 0 aliphatic heterocycles. The van der Waals surface area contributed by atoms with Crippen molar-refractivity contribution in [1.29, 1.82) is 0 Å². The third-order valence-electron chi connectivity index (χ3n) is 7.97. The van der Waals surface area contributed by atoms with E-state index >= 15 is 0 Å². The lowest BCUT2D eigenvalue weighted by atomic mass is 9.83. The summed E-state index contributed by atoms with van der Waals surface area (Å²) in [6.45, 7) is 0. The summed E-state index contributed by atoms with van der Waals surface area (Å²) in [6.07, 6.45) is 12.3. The average Bonchev–Trinajstić information content (AvgIpc) is 2.91. The first-order chi connectivity index (χ1) is 17.8. The van der Waals surface area contributed by atoms with E-state index in [0.29, 0.717) is 0 Å². The van der Waals surface area contributed by atoms with E-state index in [4.69, 9.17) is 0 Å². The van der Waals surface area contributed by atoms with Crippen molar-refractivity contribution < 1.29 is 0 Å². The summed E-state index contributed by atoms with van der Waals surface area (Å²) in [5, 5.41) is 0. The molecule has 2 aliphatic carbocycles. The van der Waals surface area contributed by atoms with Crippen LogP contribution in [0.15, 0.2) is 97.1 Å². The van der Waals surface area contributed by atoms with Gasteiger partial charge in [-0.2, -0.15) is 0 Å². The molecule has 0 heteroatoms. The Hall–Kier alpha value is -3.38. The number of hydrogen-bond donors (Lipinski definition) is 0. The van der Waals surface area contributed by atoms with Crippen LogP contribution in [0.2, 0.25) is 0 Å². The number of fused-ring (bicyclic) bond motifs is 8. The van der Waals surface area contributed by atoms with Gasteiger partial charge in [0.15, 0.2) is 0 Å². The third kappa shape index (κ3) is 5.09. The Labute approximate surface area is 216 Å². The number of benzene rings is 4. The van der Waals surface area contributed by atoms with Crippen molar-refractivity contribution in [3.05, 3.63) is 142 Å². The molecule has 2 aliphatic rings. The average molecular weight is 469 g/mol. The SMILES string of the molecule is c1cc2cc(c1)C(=C1c3cccc(c3)CCCCCc3cccc1c3)c1cccc(c1)CCCCC2. The fraction of sp³-hybridized carbons (Fsp3) is 0.278. The van der Waals surface area contributed by atoms with Gasteiger partial charge in [-0.3, -0.25) is 0 Å². The van der Waals surface area contributed by atoms with Crippen LogP contribution >= 0.6 is 0 Å². The van der Waals surface area contributed by atoms with E-state index in [-0.39, 0.29) is 0 Å². The van der Waals surface area contributed by atoms with Crippen LogP contribution in [-0.2, 0) is 25.7 Å². The lowest BCUT2D eigenvalue weighted by Crippen LogP contribution is -2.02. The highest BCUT2D eigenvalue weighted by Gasteiger charge is 2.18. The van der Waals surface area contributed by atoms with Gasteiger partial charge in [0.1, 0.15) is 0 Å². The minimum absolute atomic E-state index is 1.16. The molecule has 6 rings (SSSR count). The molecule has 36 heavy (non-hydrogen) atoms. The van der Waals surface area contributed by atoms with Crippen LogP contribution in [-0.4, -0.2) is 0 Å². The zero-order valence-electron chi connectivity index (χ0n) is 21.3. The molecule has 4 aromatic rings. The maximum Gasteiger partial charge on any atom is -0.00266 e. The van der Waals surface area contributed by atoms with E-state index in [0.717, 1.165) is 25.7 Å². The van der Waals surface area contributed by atoms with Gasteiger partial charge in [0.2, 0.25) is 0 Å². The van der Waals surface area contributed by atoms with Crippen LogP contribution in [0.1, 0.15) is 83.0 Å². The van der Waals surface area contributed by atoms with Crippen molar-refractivity contribution in [3.8, 4) is 0 Å². The number of aryl methyl sites for hydroxylation is 4. The highest BCUT2D eigenvalue weighted by Crippen LogP contribution is 2.39. The van der Waals surface area contributed by atoms with E-state index < -0.39 is 0 Å². The lowest BCUT2D eigenvalue weighted by molar-refractivity contribution is 0.678. The Morgan fingerprint density at radius 2 is 0.583 bits per heavy atom. The van der Waals surface area contributed by atoms with E-state index in [9.17, 15) is 0 Å². The predicted molar refractivity (Wildman–Crippen MR) is 153 cm³/mol. The summed E-state index contributed by atoms with van der Waals surface area (Å²) in [4.78, 5) is 0. The second-order valence-corrected chi connectivity index (χ2v) is 10.7. The monoisotopic (exact) mass is 468 g/mol. The van der Waals surface area contributed by atoms with Gasteiger partial charge in [0, 0.05) is 0 Å². The van der Waals surface area contributed by atoms with Gasteiger partial charge in [0.25, 0.3) is 0 Å². The smallest absolute Gasteiger partial charge is 0.00266 e. The molecule has 0 amide bonds. The fourth-order valence-electron chi connectivity index (χ4n) is 6.11. The first kappa shape index (κ1) is 23.0. The standard InChI is InChI=1S/C36H36/c1-3-11-27-15-7-19-31(23-27)35(32-20-8-16-28(24-32)12-4-1)36-33-21-9-17-29(25-33)13-5-2-6-14-30-18-10-22-34(36)26-30/h7-10,15-26H,1-6,11-14H2. The second kappa shape index (κ2) is 10.7. The lowest BCUT2D eigenvalue weighted by Gasteiger charge is -2.21. The third-order valence-corrected chi connectivity index (χ3v) is 7.97. The molecule has 4 aromatic carbocycles. The summed E-state index contributed by atoms with van der Waals surface area (Å²) in [7, 11) is 0. The van der Waals surface area contributed by atoms with Crippen LogP contribution in [0.5, 0.6) is 0 Å². The van der Waals surface area contributed by atoms with Gasteiger partial charge in [-0.1, -0.05) is 110 Å². The van der Waals surface area contributed by atoms with Crippen molar-refractivity contribution >= 4 is 11.1 Å². The summed E-state index contributed by atoms with van der Waals surface area (Å²) >= 11 is 0. The molecule has 8 bridgehead atoms. The molecule has 0 N–H and O–H groups in total. The topological polar surface area (TPSA) is 0 Å². The van der Waals surface area contributed by atoms with E-state index in [1.54, 1.807) is 0 Å². The first-order valence-corrected chi connectivity index (χ1v) is 13.9. The maximum absolute atomic E-state index is 2.46. The second-order valence-electron chi connectivity index (χ2n) is 10.7. The maximum atomic E-state index is 2.46. The van der Waals surface area contributed by atoms with Crippen LogP contribution in [0.25, 0.3) is 11.1 Å². The Balaban J connectivity index is 1.68. The molecule has 0 radical (unpaired) electrons. The summed E-state index contributed by atoms with van der Waals surface area (Å²) in [6, 6.07) is 37.5. The molecule has 0 aromatic heterocycles. The molecule has 180 valence electrons. The van der Waals surface area contributed by atoms with E-state index in [2.05, 4.69) is 97.1 Å². The zero-order valence-corrected chi connectivity index (χ0v) is 21.3. The summed E-state index contributed by atoms with van der Waals surface area (Å²) in [5.74, 6) is 0. The van der Waals surface area contributed by atoms with Gasteiger partial charge in [0.05, 0.1) is 0 Å². The Morgan fingerprint density at radius 1 is 0.306 bits per heavy atom. The number of hydrogen-bond acceptors (Lipinski definition) is 0. The zero-order chi connectivity index (χ0) is 24.2. The Kier molecular flexibility index (Phi) is 6.85. The molecule has 0 saturated carbocycles. The van der Waals surface area contributed by atoms with Crippen molar-refractivity contribution in [2.45, 2.75) is 64.2 Å². The molecule has 0 heterocycles. The number of rotatable bonds is 0. The Bertz CT molecular complexity index is 1180. The Morgan fingerprint density at radius 3 is 0.861 bits per heavy atom. The largest absolute Gasteiger partial charge is 0.0614 e. The van der Waals surface area contributed by atoms with Crippen molar-refractivity contribution in [3.63, 3.8) is 0 Å². The van der Waals surface area contributed by atoms with Crippen molar-refractivity contribution in [2.24, 2.45) is 0 Å². The summed E-state index contributed by atoms with van der Waals surface area (Å²) < 4.78 is 0.